The van der Waals surface area contributed by atoms with Crippen LogP contribution in [0.2, 0.25) is 0 Å². The molecule has 4 fully saturated rings. The van der Waals surface area contributed by atoms with Crippen LogP contribution in [0.15, 0.2) is 23.2 Å². The number of carbonyl (C=O) groups excluding carboxylic acids is 1. The summed E-state index contributed by atoms with van der Waals surface area (Å²) in [7, 11) is 0. The maximum Gasteiger partial charge on any atom is 0.231 e. The Hall–Kier alpha value is -2.32. The first kappa shape index (κ1) is 24.5. The molecule has 3 heterocycles. The number of amides is 1. The first-order chi connectivity index (χ1) is 19.0. The highest BCUT2D eigenvalue weighted by Gasteiger charge is 2.53. The highest BCUT2D eigenvalue weighted by molar-refractivity contribution is 8.00. The third kappa shape index (κ3) is 4.33. The Labute approximate surface area is 237 Å². The summed E-state index contributed by atoms with van der Waals surface area (Å²) in [6, 6.07) is 5.83. The van der Waals surface area contributed by atoms with Crippen molar-refractivity contribution < 1.29 is 14.3 Å². The number of carbonyl (C=O) groups is 1. The van der Waals surface area contributed by atoms with Crippen molar-refractivity contribution in [3.05, 3.63) is 40.0 Å². The van der Waals surface area contributed by atoms with Gasteiger partial charge >= 0.3 is 0 Å². The van der Waals surface area contributed by atoms with Crippen molar-refractivity contribution in [2.24, 2.45) is 23.7 Å². The minimum atomic E-state index is 0.0264. The lowest BCUT2D eigenvalue weighted by molar-refractivity contribution is -0.118. The molecule has 0 radical (unpaired) electrons. The van der Waals surface area contributed by atoms with E-state index in [4.69, 9.17) is 19.4 Å². The number of aromatic nitrogens is 2. The quantitative estimate of drug-likeness (QED) is 0.277. The van der Waals surface area contributed by atoms with Crippen LogP contribution in [0, 0.1) is 23.7 Å². The Bertz CT molecular complexity index is 1430. The molecule has 1 atom stereocenters. The van der Waals surface area contributed by atoms with Gasteiger partial charge in [0.25, 0.3) is 0 Å². The van der Waals surface area contributed by atoms with Crippen LogP contribution in [-0.4, -0.2) is 28.4 Å². The number of benzene rings is 1. The van der Waals surface area contributed by atoms with E-state index < -0.39 is 0 Å². The highest BCUT2D eigenvalue weighted by Crippen LogP contribution is 2.60. The van der Waals surface area contributed by atoms with Gasteiger partial charge in [-0.3, -0.25) is 4.79 Å². The van der Waals surface area contributed by atoms with Gasteiger partial charge in [0.1, 0.15) is 15.7 Å². The van der Waals surface area contributed by atoms with Crippen molar-refractivity contribution >= 4 is 39.2 Å². The number of fused-ring (bicyclic) bond motifs is 4. The predicted molar refractivity (Wildman–Crippen MR) is 154 cm³/mol. The smallest absolute Gasteiger partial charge is 0.231 e. The number of hydrogen-bond donors (Lipinski definition) is 1. The van der Waals surface area contributed by atoms with Crippen LogP contribution in [0.25, 0.3) is 10.2 Å². The van der Waals surface area contributed by atoms with Gasteiger partial charge in [0, 0.05) is 22.2 Å². The lowest BCUT2D eigenvalue weighted by Gasteiger charge is -2.56. The zero-order chi connectivity index (χ0) is 26.1. The first-order valence-corrected chi connectivity index (χ1v) is 16.4. The topological polar surface area (TPSA) is 73.3 Å². The predicted octanol–water partition coefficient (Wildman–Crippen LogP) is 6.42. The van der Waals surface area contributed by atoms with Crippen LogP contribution in [0.4, 0.5) is 0 Å². The number of nitrogens with zero attached hydrogens (tertiary/aromatic N) is 2. The number of rotatable bonds is 6. The van der Waals surface area contributed by atoms with Gasteiger partial charge in [0.15, 0.2) is 11.5 Å². The Balaban J connectivity index is 1.07. The average molecular weight is 562 g/mol. The van der Waals surface area contributed by atoms with Crippen LogP contribution in [-0.2, 0) is 29.6 Å². The number of nitrogens with one attached hydrogen (secondary N) is 1. The van der Waals surface area contributed by atoms with E-state index in [1.165, 1.54) is 60.8 Å². The molecule has 204 valence electrons. The van der Waals surface area contributed by atoms with Gasteiger partial charge in [0.2, 0.25) is 12.7 Å². The van der Waals surface area contributed by atoms with Crippen LogP contribution in [0.3, 0.4) is 0 Å². The molecule has 5 aliphatic carbocycles. The third-order valence-corrected chi connectivity index (χ3v) is 12.0. The molecule has 9 rings (SSSR count). The summed E-state index contributed by atoms with van der Waals surface area (Å²) in [5.74, 6) is 6.26. The minimum absolute atomic E-state index is 0.0264. The maximum atomic E-state index is 13.0. The summed E-state index contributed by atoms with van der Waals surface area (Å²) < 4.78 is 10.9. The molecule has 4 bridgehead atoms. The largest absolute Gasteiger partial charge is 0.454 e. The van der Waals surface area contributed by atoms with Gasteiger partial charge in [0.05, 0.1) is 5.75 Å². The van der Waals surface area contributed by atoms with Gasteiger partial charge in [-0.2, -0.15) is 0 Å². The second-order valence-corrected chi connectivity index (χ2v) is 14.9. The van der Waals surface area contributed by atoms with Crippen molar-refractivity contribution in [2.75, 3.05) is 12.5 Å². The number of hydrogen-bond acceptors (Lipinski definition) is 7. The average Bonchev–Trinajstić information content (AvgIpc) is 3.53. The molecule has 0 saturated heterocycles. The van der Waals surface area contributed by atoms with E-state index in [-0.39, 0.29) is 18.1 Å². The molecule has 3 aromatic rings. The molecule has 2 aromatic heterocycles. The first-order valence-electron chi connectivity index (χ1n) is 14.6. The SMILES string of the molecule is CC1CCc2c(sc3nc(C45CC6CC(CC(C6)C4)C5)nc(SCC(=O)NCc4ccc5c(c4)OCO5)c23)C1. The molecule has 4 saturated carbocycles. The fourth-order valence-corrected chi connectivity index (χ4v) is 10.8. The van der Waals surface area contributed by atoms with Gasteiger partial charge in [-0.1, -0.05) is 24.8 Å². The molecule has 6 aliphatic rings. The van der Waals surface area contributed by atoms with E-state index in [2.05, 4.69) is 12.2 Å². The summed E-state index contributed by atoms with van der Waals surface area (Å²) in [5, 5.41) is 5.37. The number of thiophene rings is 1. The lowest BCUT2D eigenvalue weighted by atomic mass is 9.49. The maximum absolute atomic E-state index is 13.0. The van der Waals surface area contributed by atoms with E-state index in [1.807, 2.05) is 29.5 Å². The van der Waals surface area contributed by atoms with Gasteiger partial charge in [-0.05, 0) is 105 Å². The monoisotopic (exact) mass is 561 g/mol. The second-order valence-electron chi connectivity index (χ2n) is 12.8. The summed E-state index contributed by atoms with van der Waals surface area (Å²) in [6.45, 7) is 3.09. The van der Waals surface area contributed by atoms with Crippen molar-refractivity contribution in [2.45, 2.75) is 81.7 Å². The van der Waals surface area contributed by atoms with Gasteiger partial charge in [-0.15, -0.1) is 11.3 Å². The molecule has 1 aromatic carbocycles. The lowest BCUT2D eigenvalue weighted by Crippen LogP contribution is -2.49. The summed E-state index contributed by atoms with van der Waals surface area (Å²) >= 11 is 3.51. The highest BCUT2D eigenvalue weighted by atomic mass is 32.2. The number of ether oxygens (including phenoxy) is 2. The van der Waals surface area contributed by atoms with Crippen molar-refractivity contribution in [3.63, 3.8) is 0 Å². The van der Waals surface area contributed by atoms with Gasteiger partial charge in [-0.25, -0.2) is 9.97 Å². The van der Waals surface area contributed by atoms with Crippen LogP contribution in [0.1, 0.15) is 73.7 Å². The fraction of sp³-hybridized carbons (Fsp3) is 0.581. The molecule has 1 N–H and O–H groups in total. The molecule has 1 amide bonds. The molecular weight excluding hydrogens is 526 g/mol. The van der Waals surface area contributed by atoms with E-state index in [0.29, 0.717) is 12.3 Å². The summed E-state index contributed by atoms with van der Waals surface area (Å²) in [5.41, 5.74) is 2.61. The molecule has 6 nitrogen and oxygen atoms in total. The third-order valence-electron chi connectivity index (χ3n) is 9.90. The van der Waals surface area contributed by atoms with Crippen molar-refractivity contribution in [1.29, 1.82) is 0 Å². The van der Waals surface area contributed by atoms with E-state index >= 15 is 0 Å². The molecule has 0 spiro atoms. The molecular formula is C31H35N3O3S2. The van der Waals surface area contributed by atoms with Crippen molar-refractivity contribution in [3.8, 4) is 11.5 Å². The fourth-order valence-electron chi connectivity index (χ4n) is 8.47. The van der Waals surface area contributed by atoms with E-state index in [0.717, 1.165) is 69.3 Å². The zero-order valence-electron chi connectivity index (χ0n) is 22.5. The second kappa shape index (κ2) is 9.37. The zero-order valence-corrected chi connectivity index (χ0v) is 24.1. The van der Waals surface area contributed by atoms with Gasteiger partial charge < -0.3 is 14.8 Å². The van der Waals surface area contributed by atoms with E-state index in [1.54, 1.807) is 11.8 Å². The molecule has 8 heteroatoms. The minimum Gasteiger partial charge on any atom is -0.454 e. The van der Waals surface area contributed by atoms with E-state index in [9.17, 15) is 4.79 Å². The standard InChI is InChI=1S/C31H35N3O3S2/c1-17-2-4-22-25(6-17)39-29-27(22)28(33-30(34-29)31-11-19-7-20(12-31)9-21(8-19)13-31)38-15-26(35)32-14-18-3-5-23-24(10-18)37-16-36-23/h3,5,10,17,19-21H,2,4,6-9,11-16H2,1H3,(H,32,35). The van der Waals surface area contributed by atoms with Crippen molar-refractivity contribution in [1.82, 2.24) is 15.3 Å². The number of thioether (sulfide) groups is 1. The Morgan fingerprint density at radius 3 is 2.67 bits per heavy atom. The Morgan fingerprint density at radius 1 is 1.10 bits per heavy atom. The molecule has 1 unspecified atom stereocenters. The summed E-state index contributed by atoms with van der Waals surface area (Å²) in [4.78, 5) is 26.4. The Morgan fingerprint density at radius 2 is 1.87 bits per heavy atom. The summed E-state index contributed by atoms with van der Waals surface area (Å²) in [6.07, 6.45) is 11.5. The van der Waals surface area contributed by atoms with Crippen LogP contribution >= 0.6 is 23.1 Å². The van der Waals surface area contributed by atoms with Crippen LogP contribution in [0.5, 0.6) is 11.5 Å². The normalized spacial score (nSPS) is 30.1. The number of aryl methyl sites for hydroxylation is 1. The molecule has 39 heavy (non-hydrogen) atoms. The van der Waals surface area contributed by atoms with Crippen LogP contribution < -0.4 is 14.8 Å². The molecule has 1 aliphatic heterocycles. The Kier molecular flexibility index (Phi) is 5.88.